The predicted molar refractivity (Wildman–Crippen MR) is 237 cm³/mol. The van der Waals surface area contributed by atoms with Gasteiger partial charge in [-0.2, -0.15) is 0 Å². The molecule has 1 aliphatic carbocycles. The van der Waals surface area contributed by atoms with Crippen molar-refractivity contribution in [3.8, 4) is 11.3 Å². The Labute approximate surface area is 366 Å². The molecule has 334 valence electrons. The van der Waals surface area contributed by atoms with Gasteiger partial charge in [0, 0.05) is 65.9 Å². The molecule has 7 rings (SSSR count). The summed E-state index contributed by atoms with van der Waals surface area (Å²) < 4.78 is 34.1. The number of nitrogens with one attached hydrogen (secondary N) is 2. The van der Waals surface area contributed by atoms with E-state index in [1.807, 2.05) is 38.3 Å². The number of cyclic esters (lactones) is 1. The molecule has 0 spiro atoms. The molecule has 16 heteroatoms. The smallest absolute Gasteiger partial charge is 0.324 e. The van der Waals surface area contributed by atoms with E-state index in [0.29, 0.717) is 36.5 Å². The van der Waals surface area contributed by atoms with Crippen LogP contribution in [0.25, 0.3) is 27.7 Å². The maximum absolute atomic E-state index is 14.7. The van der Waals surface area contributed by atoms with Crippen LogP contribution >= 0.6 is 11.3 Å². The number of likely N-dealkylation sites (tertiary alicyclic amines) is 1. The van der Waals surface area contributed by atoms with Crippen LogP contribution in [-0.2, 0) is 46.4 Å². The van der Waals surface area contributed by atoms with E-state index in [9.17, 15) is 23.6 Å². The van der Waals surface area contributed by atoms with E-state index < -0.39 is 59.4 Å². The number of carbonyl (C=O) groups is 4. The van der Waals surface area contributed by atoms with E-state index in [2.05, 4.69) is 54.8 Å². The van der Waals surface area contributed by atoms with Gasteiger partial charge < -0.3 is 29.0 Å². The molecule has 6 bridgehead atoms. The highest BCUT2D eigenvalue weighted by Crippen LogP contribution is 2.48. The van der Waals surface area contributed by atoms with E-state index in [1.54, 1.807) is 20.2 Å². The van der Waals surface area contributed by atoms with Crippen molar-refractivity contribution in [3.05, 3.63) is 58.2 Å². The van der Waals surface area contributed by atoms with Gasteiger partial charge in [0.05, 0.1) is 54.7 Å². The van der Waals surface area contributed by atoms with Crippen molar-refractivity contribution in [2.45, 2.75) is 105 Å². The van der Waals surface area contributed by atoms with Crippen LogP contribution < -0.4 is 10.7 Å². The Bertz CT molecular complexity index is 2280. The summed E-state index contributed by atoms with van der Waals surface area (Å²) >= 11 is 1.32. The number of rotatable bonds is 11. The van der Waals surface area contributed by atoms with E-state index in [4.69, 9.17) is 24.2 Å². The quantitative estimate of drug-likeness (QED) is 0.133. The second kappa shape index (κ2) is 18.5. The molecule has 3 aromatic rings. The van der Waals surface area contributed by atoms with Crippen LogP contribution in [0, 0.1) is 23.2 Å². The molecule has 2 saturated heterocycles. The molecule has 0 unspecified atom stereocenters. The molecule has 3 aliphatic heterocycles. The first-order valence-electron chi connectivity index (χ1n) is 21.7. The number of benzene rings is 1. The lowest BCUT2D eigenvalue weighted by Gasteiger charge is -2.37. The molecular weight excluding hydrogens is 814 g/mol. The first kappa shape index (κ1) is 45.3. The number of methoxy groups -OCH3 is 1. The summed E-state index contributed by atoms with van der Waals surface area (Å²) in [6.45, 7) is 19.2. The predicted octanol–water partition coefficient (Wildman–Crippen LogP) is 6.05. The van der Waals surface area contributed by atoms with Crippen molar-refractivity contribution in [1.29, 1.82) is 0 Å². The molecule has 5 heterocycles. The van der Waals surface area contributed by atoms with Gasteiger partial charge in [0.2, 0.25) is 11.8 Å². The first-order valence-corrected chi connectivity index (χ1v) is 22.6. The van der Waals surface area contributed by atoms with Crippen molar-refractivity contribution >= 4 is 57.7 Å². The lowest BCUT2D eigenvalue weighted by molar-refractivity contribution is -0.156. The number of aliphatic imine (C=N–C) groups is 1. The third-order valence-electron chi connectivity index (χ3n) is 12.6. The second-order valence-corrected chi connectivity index (χ2v) is 18.4. The van der Waals surface area contributed by atoms with E-state index >= 15 is 0 Å². The van der Waals surface area contributed by atoms with Gasteiger partial charge in [-0.1, -0.05) is 39.5 Å². The second-order valence-electron chi connectivity index (χ2n) is 17.5. The molecule has 3 fully saturated rings. The van der Waals surface area contributed by atoms with E-state index in [1.165, 1.54) is 21.2 Å². The minimum Gasteiger partial charge on any atom is -0.464 e. The Morgan fingerprint density at radius 2 is 1.98 bits per heavy atom. The first-order chi connectivity index (χ1) is 29.7. The Morgan fingerprint density at radius 3 is 2.65 bits per heavy atom. The number of thiazole rings is 1. The summed E-state index contributed by atoms with van der Waals surface area (Å²) in [6, 6.07) is 4.15. The van der Waals surface area contributed by atoms with Crippen molar-refractivity contribution in [2.75, 3.05) is 40.0 Å². The highest BCUT2D eigenvalue weighted by Gasteiger charge is 2.59. The van der Waals surface area contributed by atoms with E-state index in [0.717, 1.165) is 39.0 Å². The third kappa shape index (κ3) is 8.75. The minimum absolute atomic E-state index is 0.0212. The molecule has 62 heavy (non-hydrogen) atoms. The van der Waals surface area contributed by atoms with Gasteiger partial charge >= 0.3 is 5.97 Å². The van der Waals surface area contributed by atoms with Crippen LogP contribution in [0.5, 0.6) is 0 Å². The standard InChI is InChI=1S/C46H60FN7O7S/c1-10-29(37(48-11-2)26(6)59-9)39-31-20-46(7,8)24-61-45(58)32-15-14-18-54(51-32)44(57)38(50-41(55)35-25(5)36(35)43(56)52-21-28(47)22-52)40(60-13-4)42-49-33(23-62-42)27-16-17-34(30(31)19-27)53(39)12-3/h10-11,16-17,19,23,25-26,28,32,35-36,38,40,51H,1,12-15,18,20-22,24H2,2-9H3,(H,50,55)/b37-29+,48-11-/t25-,26+,32+,35-,36-,38+,40+/m1/s1. The van der Waals surface area contributed by atoms with Crippen molar-refractivity contribution < 1.29 is 37.8 Å². The zero-order valence-corrected chi connectivity index (χ0v) is 37.9. The maximum Gasteiger partial charge on any atom is 0.324 e. The van der Waals surface area contributed by atoms with Gasteiger partial charge in [0.15, 0.2) is 0 Å². The molecule has 0 radical (unpaired) electrons. The fourth-order valence-corrected chi connectivity index (χ4v) is 10.1. The summed E-state index contributed by atoms with van der Waals surface area (Å²) in [7, 11) is 1.66. The van der Waals surface area contributed by atoms with Crippen LogP contribution in [0.1, 0.15) is 83.7 Å². The van der Waals surface area contributed by atoms with Gasteiger partial charge in [-0.15, -0.1) is 11.3 Å². The lowest BCUT2D eigenvalue weighted by atomic mass is 9.84. The number of aryl methyl sites for hydroxylation is 1. The zero-order chi connectivity index (χ0) is 44.6. The number of ether oxygens (including phenoxy) is 3. The van der Waals surface area contributed by atoms with Crippen LogP contribution in [-0.4, -0.2) is 114 Å². The normalized spacial score (nSPS) is 26.4. The number of amides is 3. The van der Waals surface area contributed by atoms with Gasteiger partial charge in [-0.25, -0.2) is 14.8 Å². The molecule has 1 aromatic carbocycles. The molecule has 3 amide bonds. The fourth-order valence-electron chi connectivity index (χ4n) is 9.16. The number of fused-ring (bicyclic) bond motifs is 6. The van der Waals surface area contributed by atoms with Gasteiger partial charge in [0.1, 0.15) is 29.4 Å². The average molecular weight is 874 g/mol. The Hall–Kier alpha value is -4.77. The maximum atomic E-state index is 14.7. The number of halogens is 1. The van der Waals surface area contributed by atoms with Crippen molar-refractivity contribution in [1.82, 2.24) is 30.2 Å². The number of nitrogens with zero attached hydrogens (tertiary/aromatic N) is 5. The Kier molecular flexibility index (Phi) is 13.5. The topological polar surface area (TPSA) is 157 Å². The molecule has 4 aliphatic rings. The summed E-state index contributed by atoms with van der Waals surface area (Å²) in [6.07, 6.45) is 2.66. The largest absolute Gasteiger partial charge is 0.464 e. The molecule has 2 N–H and O–H groups in total. The third-order valence-corrected chi connectivity index (χ3v) is 13.5. The van der Waals surface area contributed by atoms with Gasteiger partial charge in [0.25, 0.3) is 5.91 Å². The monoisotopic (exact) mass is 873 g/mol. The van der Waals surface area contributed by atoms with Crippen LogP contribution in [0.3, 0.4) is 0 Å². The number of allylic oxidation sites excluding steroid dienone is 2. The SMILES string of the molecule is C=C/C(=C(\N=C/C)[C@H](C)OC)c1c2c3cc(ccc3n1CC)-c1csc(n1)[C@@H](OCC)[C@H](NC(=O)[C@@H]1[C@@H](C)[C@H]1C(=O)N1CC(F)C1)C(=O)N1CCC[C@H](N1)C(=O)OCC(C)(C)C2. The summed E-state index contributed by atoms with van der Waals surface area (Å²) in [5.74, 6) is -3.33. The van der Waals surface area contributed by atoms with E-state index in [-0.39, 0.29) is 50.8 Å². The number of alkyl halides is 1. The zero-order valence-electron chi connectivity index (χ0n) is 37.0. The molecule has 14 nitrogen and oxygen atoms in total. The summed E-state index contributed by atoms with van der Waals surface area (Å²) in [4.78, 5) is 67.2. The average Bonchev–Trinajstić information content (AvgIpc) is 3.54. The molecular formula is C46H60FN7O7S. The number of hydrogen-bond donors (Lipinski definition) is 2. The van der Waals surface area contributed by atoms with Crippen molar-refractivity contribution in [3.63, 3.8) is 0 Å². The number of hydrazine groups is 1. The number of hydrogen-bond acceptors (Lipinski definition) is 11. The molecule has 1 saturated carbocycles. The number of carbonyl (C=O) groups excluding carboxylic acids is 4. The fraction of sp³-hybridized carbons (Fsp3) is 0.565. The van der Waals surface area contributed by atoms with Gasteiger partial charge in [-0.05, 0) is 70.6 Å². The van der Waals surface area contributed by atoms with Crippen LogP contribution in [0.15, 0.2) is 46.9 Å². The van der Waals surface area contributed by atoms with Crippen molar-refractivity contribution in [2.24, 2.45) is 28.2 Å². The number of esters is 1. The molecule has 2 aromatic heterocycles. The van der Waals surface area contributed by atoms with Crippen LogP contribution in [0.4, 0.5) is 4.39 Å². The molecule has 7 atom stereocenters. The van der Waals surface area contributed by atoms with Gasteiger partial charge in [-0.3, -0.25) is 29.2 Å². The lowest BCUT2D eigenvalue weighted by Crippen LogP contribution is -2.61. The number of aromatic nitrogens is 2. The summed E-state index contributed by atoms with van der Waals surface area (Å²) in [5, 5.41) is 7.73. The Balaban J connectivity index is 1.35. The minimum atomic E-state index is -1.27. The van der Waals surface area contributed by atoms with Crippen LogP contribution in [0.2, 0.25) is 0 Å². The Morgan fingerprint density at radius 1 is 1.23 bits per heavy atom. The highest BCUT2D eigenvalue weighted by molar-refractivity contribution is 7.10. The highest BCUT2D eigenvalue weighted by atomic mass is 32.1. The summed E-state index contributed by atoms with van der Waals surface area (Å²) in [5.41, 5.74) is 8.64.